The Hall–Kier alpha value is -2.35. The molecule has 118 valence electrons. The minimum Gasteiger partial charge on any atom is -0.462 e. The second-order valence-electron chi connectivity index (χ2n) is 4.82. The third-order valence-corrected chi connectivity index (χ3v) is 4.20. The molecule has 1 heterocycles. The average molecular weight is 323 g/mol. The van der Waals surface area contributed by atoms with Crippen molar-refractivity contribution in [2.75, 3.05) is 11.3 Å². The lowest BCUT2D eigenvalue weighted by Gasteiger charge is -2.09. The number of benzene rings is 1. The maximum atomic E-state index is 12.4. The van der Waals surface area contributed by atoms with Crippen LogP contribution >= 0.6 is 0 Å². The number of aromatic nitrogens is 2. The van der Waals surface area contributed by atoms with E-state index in [-0.39, 0.29) is 17.2 Å². The van der Waals surface area contributed by atoms with Crippen molar-refractivity contribution in [1.82, 2.24) is 10.2 Å². The van der Waals surface area contributed by atoms with Crippen LogP contribution in [0.1, 0.15) is 28.4 Å². The van der Waals surface area contributed by atoms with Crippen LogP contribution in [0.3, 0.4) is 0 Å². The van der Waals surface area contributed by atoms with Crippen molar-refractivity contribution in [3.05, 3.63) is 41.1 Å². The molecule has 1 aromatic carbocycles. The quantitative estimate of drug-likeness (QED) is 0.820. The van der Waals surface area contributed by atoms with Crippen molar-refractivity contribution in [3.63, 3.8) is 0 Å². The smallest absolute Gasteiger partial charge is 0.342 e. The Kier molecular flexibility index (Phi) is 4.51. The first-order valence-electron chi connectivity index (χ1n) is 6.65. The zero-order valence-electron chi connectivity index (χ0n) is 12.5. The molecular formula is C14H17N3O4S. The summed E-state index contributed by atoms with van der Waals surface area (Å²) < 4.78 is 32.1. The average Bonchev–Trinajstić information content (AvgIpc) is 2.87. The minimum atomic E-state index is -3.97. The van der Waals surface area contributed by atoms with Crippen LogP contribution in [-0.4, -0.2) is 31.2 Å². The van der Waals surface area contributed by atoms with E-state index in [0.717, 1.165) is 17.3 Å². The molecule has 7 nitrogen and oxygen atoms in total. The Labute approximate surface area is 128 Å². The second kappa shape index (κ2) is 6.18. The molecule has 0 aliphatic heterocycles. The molecule has 0 amide bonds. The molecule has 0 unspecified atom stereocenters. The van der Waals surface area contributed by atoms with Crippen LogP contribution < -0.4 is 4.72 Å². The number of carbonyl (C=O) groups is 1. The number of nitrogens with one attached hydrogen (secondary N) is 2. The molecule has 0 atom stereocenters. The fourth-order valence-electron chi connectivity index (χ4n) is 2.07. The normalized spacial score (nSPS) is 11.2. The Morgan fingerprint density at radius 1 is 1.27 bits per heavy atom. The fraction of sp³-hybridized carbons (Fsp3) is 0.286. The summed E-state index contributed by atoms with van der Waals surface area (Å²) >= 11 is 0. The molecule has 2 N–H and O–H groups in total. The van der Waals surface area contributed by atoms with Gasteiger partial charge in [0, 0.05) is 5.69 Å². The van der Waals surface area contributed by atoms with E-state index in [1.807, 2.05) is 19.9 Å². The van der Waals surface area contributed by atoms with E-state index >= 15 is 0 Å². The van der Waals surface area contributed by atoms with Crippen molar-refractivity contribution in [1.29, 1.82) is 0 Å². The van der Waals surface area contributed by atoms with Crippen molar-refractivity contribution in [2.24, 2.45) is 0 Å². The Balaban J connectivity index is 2.35. The van der Waals surface area contributed by atoms with E-state index in [9.17, 15) is 13.2 Å². The highest BCUT2D eigenvalue weighted by Crippen LogP contribution is 2.20. The SMILES string of the molecule is CCOC(=O)c1cn[nH]c1S(=O)(=O)Nc1cc(C)cc(C)c1. The number of esters is 1. The van der Waals surface area contributed by atoms with Crippen LogP contribution in [0, 0.1) is 13.8 Å². The number of sulfonamides is 1. The van der Waals surface area contributed by atoms with Gasteiger partial charge in [-0.1, -0.05) is 6.07 Å². The van der Waals surface area contributed by atoms with Crippen LogP contribution in [0.5, 0.6) is 0 Å². The van der Waals surface area contributed by atoms with Gasteiger partial charge in [0.25, 0.3) is 10.0 Å². The van der Waals surface area contributed by atoms with Gasteiger partial charge >= 0.3 is 5.97 Å². The first kappa shape index (κ1) is 16.0. The highest BCUT2D eigenvalue weighted by Gasteiger charge is 2.26. The van der Waals surface area contributed by atoms with E-state index in [1.54, 1.807) is 19.1 Å². The Morgan fingerprint density at radius 2 is 1.91 bits per heavy atom. The number of hydrogen-bond acceptors (Lipinski definition) is 5. The number of aromatic amines is 1. The maximum Gasteiger partial charge on any atom is 0.342 e. The predicted molar refractivity (Wildman–Crippen MR) is 81.3 cm³/mol. The first-order chi connectivity index (χ1) is 10.3. The molecule has 2 aromatic rings. The number of H-pyrrole nitrogens is 1. The van der Waals surface area contributed by atoms with Gasteiger partial charge in [-0.15, -0.1) is 0 Å². The van der Waals surface area contributed by atoms with Gasteiger partial charge in [-0.2, -0.15) is 13.5 Å². The van der Waals surface area contributed by atoms with Crippen molar-refractivity contribution >= 4 is 21.7 Å². The first-order valence-corrected chi connectivity index (χ1v) is 8.13. The summed E-state index contributed by atoms with van der Waals surface area (Å²) in [4.78, 5) is 11.8. The molecule has 0 aliphatic rings. The van der Waals surface area contributed by atoms with Gasteiger partial charge in [0.05, 0.1) is 12.8 Å². The van der Waals surface area contributed by atoms with E-state index < -0.39 is 16.0 Å². The van der Waals surface area contributed by atoms with E-state index in [4.69, 9.17) is 4.74 Å². The summed E-state index contributed by atoms with van der Waals surface area (Å²) in [7, 11) is -3.97. The van der Waals surface area contributed by atoms with Crippen molar-refractivity contribution in [3.8, 4) is 0 Å². The monoisotopic (exact) mass is 323 g/mol. The van der Waals surface area contributed by atoms with Gasteiger partial charge in [-0.05, 0) is 44.0 Å². The second-order valence-corrected chi connectivity index (χ2v) is 6.43. The van der Waals surface area contributed by atoms with Crippen LogP contribution in [0.4, 0.5) is 5.69 Å². The third kappa shape index (κ3) is 3.45. The van der Waals surface area contributed by atoms with Crippen molar-refractivity contribution < 1.29 is 17.9 Å². The highest BCUT2D eigenvalue weighted by molar-refractivity contribution is 7.92. The van der Waals surface area contributed by atoms with Gasteiger partial charge in [-0.25, -0.2) is 4.79 Å². The van der Waals surface area contributed by atoms with Gasteiger partial charge in [0.2, 0.25) is 0 Å². The van der Waals surface area contributed by atoms with Gasteiger partial charge in [0.1, 0.15) is 5.56 Å². The molecule has 0 radical (unpaired) electrons. The van der Waals surface area contributed by atoms with Gasteiger partial charge in [0.15, 0.2) is 5.03 Å². The maximum absolute atomic E-state index is 12.4. The van der Waals surface area contributed by atoms with Gasteiger partial charge < -0.3 is 4.74 Å². The molecule has 8 heteroatoms. The number of aryl methyl sites for hydroxylation is 2. The molecule has 22 heavy (non-hydrogen) atoms. The fourth-order valence-corrected chi connectivity index (χ4v) is 3.20. The van der Waals surface area contributed by atoms with E-state index in [2.05, 4.69) is 14.9 Å². The zero-order valence-corrected chi connectivity index (χ0v) is 13.3. The summed E-state index contributed by atoms with van der Waals surface area (Å²) in [5.74, 6) is -0.739. The summed E-state index contributed by atoms with van der Waals surface area (Å²) in [6.07, 6.45) is 1.13. The Bertz CT molecular complexity index is 776. The number of rotatable bonds is 5. The van der Waals surface area contributed by atoms with Gasteiger partial charge in [-0.3, -0.25) is 9.82 Å². The zero-order chi connectivity index (χ0) is 16.3. The largest absolute Gasteiger partial charge is 0.462 e. The summed E-state index contributed by atoms with van der Waals surface area (Å²) in [6, 6.07) is 5.33. The molecule has 0 spiro atoms. The molecule has 0 aliphatic carbocycles. The highest BCUT2D eigenvalue weighted by atomic mass is 32.2. The number of hydrogen-bond donors (Lipinski definition) is 2. The van der Waals surface area contributed by atoms with Crippen LogP contribution in [0.25, 0.3) is 0 Å². The molecular weight excluding hydrogens is 306 g/mol. The lowest BCUT2D eigenvalue weighted by atomic mass is 10.1. The topological polar surface area (TPSA) is 101 Å². The lowest BCUT2D eigenvalue weighted by Crippen LogP contribution is -2.17. The van der Waals surface area contributed by atoms with E-state index in [1.165, 1.54) is 0 Å². The third-order valence-electron chi connectivity index (χ3n) is 2.84. The van der Waals surface area contributed by atoms with Crippen molar-refractivity contribution in [2.45, 2.75) is 25.8 Å². The molecule has 0 fully saturated rings. The summed E-state index contributed by atoms with van der Waals surface area (Å²) in [6.45, 7) is 5.52. The van der Waals surface area contributed by atoms with Crippen LogP contribution in [0.15, 0.2) is 29.4 Å². The summed E-state index contributed by atoms with van der Waals surface area (Å²) in [5, 5.41) is 5.64. The molecule has 0 bridgehead atoms. The minimum absolute atomic E-state index is 0.126. The number of carbonyl (C=O) groups excluding carboxylic acids is 1. The molecule has 0 saturated heterocycles. The number of nitrogens with zero attached hydrogens (tertiary/aromatic N) is 1. The Morgan fingerprint density at radius 3 is 2.50 bits per heavy atom. The molecule has 2 rings (SSSR count). The predicted octanol–water partition coefficient (Wildman–Crippen LogP) is 2.00. The number of anilines is 1. The molecule has 0 saturated carbocycles. The molecule has 1 aromatic heterocycles. The van der Waals surface area contributed by atoms with Crippen LogP contribution in [0.2, 0.25) is 0 Å². The summed E-state index contributed by atoms with van der Waals surface area (Å²) in [5.41, 5.74) is 2.14. The lowest BCUT2D eigenvalue weighted by molar-refractivity contribution is 0.0522. The number of ether oxygens (including phenoxy) is 1. The van der Waals surface area contributed by atoms with E-state index in [0.29, 0.717) is 5.69 Å². The van der Waals surface area contributed by atoms with Crippen LogP contribution in [-0.2, 0) is 14.8 Å². The standard InChI is InChI=1S/C14H17N3O4S/c1-4-21-14(18)12-8-15-16-13(12)22(19,20)17-11-6-9(2)5-10(3)7-11/h5-8,17H,4H2,1-3H3,(H,15,16).